The Kier molecular flexibility index (Phi) is 6.30. The molecule has 3 saturated heterocycles. The fourth-order valence-corrected chi connectivity index (χ4v) is 5.42. The smallest absolute Gasteiger partial charge is 0.410 e. The first kappa shape index (κ1) is 23.8. The van der Waals surface area contributed by atoms with Gasteiger partial charge >= 0.3 is 6.09 Å². The number of imidazole rings is 1. The first-order chi connectivity index (χ1) is 16.7. The molecule has 0 aliphatic carbocycles. The fraction of sp³-hybridized carbons (Fsp3) is 0.536. The number of benzene rings is 1. The van der Waals surface area contributed by atoms with Gasteiger partial charge in [0.15, 0.2) is 0 Å². The molecule has 3 aromatic rings. The molecule has 0 radical (unpaired) electrons. The second-order valence-electron chi connectivity index (χ2n) is 11.3. The number of nitrogens with zero attached hydrogens (tertiary/aromatic N) is 5. The average molecular weight is 476 g/mol. The Hall–Kier alpha value is -2.93. The Morgan fingerprint density at radius 2 is 1.86 bits per heavy atom. The molecule has 186 valence electrons. The third-order valence-electron chi connectivity index (χ3n) is 7.27. The number of carbonyl (C=O) groups excluding carboxylic acids is 1. The van der Waals surface area contributed by atoms with Crippen molar-refractivity contribution in [3.63, 3.8) is 0 Å². The van der Waals surface area contributed by atoms with Crippen molar-refractivity contribution in [1.29, 1.82) is 0 Å². The minimum Gasteiger partial charge on any atom is -0.444 e. The van der Waals surface area contributed by atoms with Gasteiger partial charge in [-0.15, -0.1) is 0 Å². The van der Waals surface area contributed by atoms with Gasteiger partial charge in [-0.25, -0.2) is 14.8 Å². The van der Waals surface area contributed by atoms with E-state index in [4.69, 9.17) is 9.72 Å². The quantitative estimate of drug-likeness (QED) is 0.499. The number of fused-ring (bicyclic) bond motifs is 5. The molecule has 2 atom stereocenters. The lowest BCUT2D eigenvalue weighted by atomic mass is 9.97. The fourth-order valence-electron chi connectivity index (χ4n) is 5.42. The predicted molar refractivity (Wildman–Crippen MR) is 137 cm³/mol. The van der Waals surface area contributed by atoms with Crippen LogP contribution in [0.1, 0.15) is 71.1 Å². The summed E-state index contributed by atoms with van der Waals surface area (Å²) in [6.07, 6.45) is 6.75. The lowest BCUT2D eigenvalue weighted by Gasteiger charge is -2.38. The van der Waals surface area contributed by atoms with Gasteiger partial charge in [-0.05, 0) is 57.6 Å². The molecule has 7 heteroatoms. The normalized spacial score (nSPS) is 21.0. The van der Waals surface area contributed by atoms with Crippen LogP contribution >= 0.6 is 0 Å². The Labute approximate surface area is 208 Å². The van der Waals surface area contributed by atoms with Crippen molar-refractivity contribution in [2.24, 2.45) is 0 Å². The van der Waals surface area contributed by atoms with E-state index in [2.05, 4.69) is 58.6 Å². The van der Waals surface area contributed by atoms with E-state index in [1.165, 1.54) is 5.56 Å². The summed E-state index contributed by atoms with van der Waals surface area (Å²) in [6.45, 7) is 12.6. The molecule has 3 aliphatic rings. The Morgan fingerprint density at radius 1 is 1.11 bits per heavy atom. The van der Waals surface area contributed by atoms with Crippen molar-refractivity contribution in [1.82, 2.24) is 24.2 Å². The van der Waals surface area contributed by atoms with Crippen molar-refractivity contribution >= 4 is 11.9 Å². The van der Waals surface area contributed by atoms with Crippen molar-refractivity contribution in [3.8, 4) is 11.3 Å². The summed E-state index contributed by atoms with van der Waals surface area (Å²) in [7, 11) is 0. The average Bonchev–Trinajstić information content (AvgIpc) is 2.93. The first-order valence-corrected chi connectivity index (χ1v) is 12.9. The molecule has 3 aliphatic heterocycles. The van der Waals surface area contributed by atoms with Crippen LogP contribution in [0.2, 0.25) is 0 Å². The molecular weight excluding hydrogens is 438 g/mol. The summed E-state index contributed by atoms with van der Waals surface area (Å²) in [5.74, 6) is 1.22. The largest absolute Gasteiger partial charge is 0.444 e. The minimum absolute atomic E-state index is 0.176. The van der Waals surface area contributed by atoms with Crippen LogP contribution in [-0.2, 0) is 11.3 Å². The molecule has 0 N–H and O–H groups in total. The summed E-state index contributed by atoms with van der Waals surface area (Å²) < 4.78 is 7.85. The first-order valence-electron chi connectivity index (χ1n) is 12.9. The SMILES string of the molecule is CC(C)c1ccc(-c2nc3ncccn3c2CN2CC3CCC2CCN3C(=O)OC(C)(C)C)cc1. The maximum atomic E-state index is 12.9. The van der Waals surface area contributed by atoms with Crippen molar-refractivity contribution in [2.75, 3.05) is 13.1 Å². The second-order valence-corrected chi connectivity index (χ2v) is 11.3. The monoisotopic (exact) mass is 475 g/mol. The summed E-state index contributed by atoms with van der Waals surface area (Å²) in [4.78, 5) is 26.9. The maximum Gasteiger partial charge on any atom is 0.410 e. The zero-order valence-corrected chi connectivity index (χ0v) is 21.6. The topological polar surface area (TPSA) is 63.0 Å². The van der Waals surface area contributed by atoms with Gasteiger partial charge in [-0.3, -0.25) is 9.30 Å². The third kappa shape index (κ3) is 4.92. The van der Waals surface area contributed by atoms with E-state index in [0.717, 1.165) is 61.6 Å². The molecule has 7 nitrogen and oxygen atoms in total. The van der Waals surface area contributed by atoms with Gasteiger partial charge in [0.2, 0.25) is 5.78 Å². The Bertz CT molecular complexity index is 1190. The highest BCUT2D eigenvalue weighted by atomic mass is 16.6. The molecule has 0 spiro atoms. The summed E-state index contributed by atoms with van der Waals surface area (Å²) in [6, 6.07) is 11.3. The number of piperidine rings is 1. The Morgan fingerprint density at radius 3 is 2.57 bits per heavy atom. The van der Waals surface area contributed by atoms with Crippen molar-refractivity contribution < 1.29 is 9.53 Å². The predicted octanol–water partition coefficient (Wildman–Crippen LogP) is 5.49. The molecule has 6 rings (SSSR count). The molecule has 2 unspecified atom stereocenters. The highest BCUT2D eigenvalue weighted by Gasteiger charge is 2.39. The van der Waals surface area contributed by atoms with Gasteiger partial charge in [0.25, 0.3) is 0 Å². The molecule has 3 fully saturated rings. The van der Waals surface area contributed by atoms with Gasteiger partial charge in [-0.1, -0.05) is 38.1 Å². The number of aromatic nitrogens is 3. The maximum absolute atomic E-state index is 12.9. The highest BCUT2D eigenvalue weighted by molar-refractivity contribution is 5.69. The summed E-state index contributed by atoms with van der Waals surface area (Å²) >= 11 is 0. The second kappa shape index (κ2) is 9.26. The van der Waals surface area contributed by atoms with E-state index >= 15 is 0 Å². The van der Waals surface area contributed by atoms with Crippen LogP contribution in [0.3, 0.4) is 0 Å². The number of carbonyl (C=O) groups is 1. The van der Waals surface area contributed by atoms with Gasteiger partial charge < -0.3 is 9.64 Å². The number of hydrogen-bond acceptors (Lipinski definition) is 5. The van der Waals surface area contributed by atoms with Crippen LogP contribution in [0.4, 0.5) is 4.79 Å². The number of rotatable bonds is 4. The molecule has 1 aromatic carbocycles. The van der Waals surface area contributed by atoms with Crippen LogP contribution in [0.15, 0.2) is 42.7 Å². The third-order valence-corrected chi connectivity index (χ3v) is 7.27. The number of amides is 1. The van der Waals surface area contributed by atoms with E-state index in [9.17, 15) is 4.79 Å². The molecule has 2 aromatic heterocycles. The van der Waals surface area contributed by atoms with E-state index in [0.29, 0.717) is 12.0 Å². The van der Waals surface area contributed by atoms with Gasteiger partial charge in [0, 0.05) is 49.7 Å². The zero-order chi connectivity index (χ0) is 24.7. The van der Waals surface area contributed by atoms with Crippen LogP contribution in [0.5, 0.6) is 0 Å². The highest BCUT2D eigenvalue weighted by Crippen LogP contribution is 2.33. The number of ether oxygens (including phenoxy) is 1. The van der Waals surface area contributed by atoms with E-state index in [1.807, 2.05) is 31.7 Å². The van der Waals surface area contributed by atoms with Crippen LogP contribution < -0.4 is 0 Å². The lowest BCUT2D eigenvalue weighted by molar-refractivity contribution is 0.0124. The summed E-state index contributed by atoms with van der Waals surface area (Å²) in [5, 5.41) is 0. The van der Waals surface area contributed by atoms with E-state index in [-0.39, 0.29) is 12.1 Å². The summed E-state index contributed by atoms with van der Waals surface area (Å²) in [5.41, 5.74) is 4.10. The lowest BCUT2D eigenvalue weighted by Crippen LogP contribution is -2.49. The van der Waals surface area contributed by atoms with Gasteiger partial charge in [0.05, 0.1) is 11.4 Å². The van der Waals surface area contributed by atoms with Crippen molar-refractivity contribution in [2.45, 2.75) is 84.0 Å². The molecule has 5 heterocycles. The standard InChI is InChI=1S/C28H37N5O2/c1-19(2)20-7-9-21(10-8-20)25-24(33-15-6-14-29-26(33)30-25)18-31-17-23-12-11-22(31)13-16-32(23)27(34)35-28(3,4)5/h6-10,14-15,19,22-23H,11-13,16-18H2,1-5H3. The van der Waals surface area contributed by atoms with Crippen LogP contribution in [-0.4, -0.2) is 61.0 Å². The van der Waals surface area contributed by atoms with Crippen LogP contribution in [0.25, 0.3) is 17.0 Å². The van der Waals surface area contributed by atoms with Crippen LogP contribution in [0, 0.1) is 0 Å². The number of hydrogen-bond donors (Lipinski definition) is 0. The molecule has 0 saturated carbocycles. The minimum atomic E-state index is -0.482. The van der Waals surface area contributed by atoms with E-state index in [1.54, 1.807) is 6.20 Å². The van der Waals surface area contributed by atoms with Gasteiger partial charge in [-0.2, -0.15) is 0 Å². The molecule has 1 amide bonds. The van der Waals surface area contributed by atoms with E-state index < -0.39 is 5.60 Å². The molecule has 35 heavy (non-hydrogen) atoms. The van der Waals surface area contributed by atoms with Crippen molar-refractivity contribution in [3.05, 3.63) is 54.0 Å². The molecular formula is C28H37N5O2. The Balaban J connectivity index is 1.44. The molecule has 2 bridgehead atoms. The zero-order valence-electron chi connectivity index (χ0n) is 21.6. The van der Waals surface area contributed by atoms with Gasteiger partial charge in [0.1, 0.15) is 5.60 Å².